The van der Waals surface area contributed by atoms with E-state index in [1.54, 1.807) is 7.05 Å². The van der Waals surface area contributed by atoms with Crippen molar-refractivity contribution in [2.24, 2.45) is 0 Å². The van der Waals surface area contributed by atoms with Crippen LogP contribution in [0.4, 0.5) is 0 Å². The maximum absolute atomic E-state index is 12.0. The molecule has 0 bridgehead atoms. The molecule has 0 aliphatic carbocycles. The van der Waals surface area contributed by atoms with E-state index in [0.29, 0.717) is 5.56 Å². The SMILES string of the molecule is CCn1c(-c2ccccc2-c2ccc(C)cc2)nc2cc(C(=O)NC)ccc21. The maximum Gasteiger partial charge on any atom is 0.251 e. The van der Waals surface area contributed by atoms with Gasteiger partial charge in [-0.3, -0.25) is 4.79 Å². The number of benzene rings is 3. The van der Waals surface area contributed by atoms with Crippen molar-refractivity contribution in [3.05, 3.63) is 77.9 Å². The van der Waals surface area contributed by atoms with Crippen molar-refractivity contribution in [1.82, 2.24) is 14.9 Å². The quantitative estimate of drug-likeness (QED) is 0.547. The molecule has 0 atom stereocenters. The third kappa shape index (κ3) is 3.07. The molecule has 4 rings (SSSR count). The summed E-state index contributed by atoms with van der Waals surface area (Å²) in [7, 11) is 1.64. The van der Waals surface area contributed by atoms with Gasteiger partial charge in [-0.15, -0.1) is 0 Å². The first-order valence-electron chi connectivity index (χ1n) is 9.51. The van der Waals surface area contributed by atoms with Crippen LogP contribution < -0.4 is 5.32 Å². The van der Waals surface area contributed by atoms with Crippen LogP contribution in [0, 0.1) is 6.92 Å². The molecule has 1 aromatic heterocycles. The zero-order valence-corrected chi connectivity index (χ0v) is 16.4. The minimum Gasteiger partial charge on any atom is -0.355 e. The van der Waals surface area contributed by atoms with Crippen molar-refractivity contribution in [3.63, 3.8) is 0 Å². The number of rotatable bonds is 4. The van der Waals surface area contributed by atoms with Gasteiger partial charge in [0.15, 0.2) is 0 Å². The van der Waals surface area contributed by atoms with E-state index in [9.17, 15) is 4.79 Å². The second-order valence-corrected chi connectivity index (χ2v) is 6.87. The van der Waals surface area contributed by atoms with Gasteiger partial charge >= 0.3 is 0 Å². The van der Waals surface area contributed by atoms with Gasteiger partial charge in [0.2, 0.25) is 0 Å². The Hall–Kier alpha value is -3.40. The van der Waals surface area contributed by atoms with Gasteiger partial charge in [-0.05, 0) is 43.2 Å². The van der Waals surface area contributed by atoms with Crippen molar-refractivity contribution in [1.29, 1.82) is 0 Å². The van der Waals surface area contributed by atoms with Crippen LogP contribution >= 0.6 is 0 Å². The smallest absolute Gasteiger partial charge is 0.251 e. The average Bonchev–Trinajstić information content (AvgIpc) is 3.11. The van der Waals surface area contributed by atoms with Crippen molar-refractivity contribution in [3.8, 4) is 22.5 Å². The number of nitrogens with one attached hydrogen (secondary N) is 1. The van der Waals surface area contributed by atoms with Gasteiger partial charge < -0.3 is 9.88 Å². The normalized spacial score (nSPS) is 11.0. The van der Waals surface area contributed by atoms with Crippen molar-refractivity contribution in [2.45, 2.75) is 20.4 Å². The van der Waals surface area contributed by atoms with Crippen molar-refractivity contribution in [2.75, 3.05) is 7.05 Å². The standard InChI is InChI=1S/C24H23N3O/c1-4-27-22-14-13-18(24(28)25-3)15-21(22)26-23(27)20-8-6-5-7-19(20)17-11-9-16(2)10-12-17/h5-15H,4H2,1-3H3,(H,25,28). The molecule has 0 saturated carbocycles. The Morgan fingerprint density at radius 1 is 1.00 bits per heavy atom. The molecule has 0 saturated heterocycles. The molecule has 4 nitrogen and oxygen atoms in total. The fourth-order valence-electron chi connectivity index (χ4n) is 3.60. The number of imidazole rings is 1. The first-order chi connectivity index (χ1) is 13.6. The summed E-state index contributed by atoms with van der Waals surface area (Å²) >= 11 is 0. The van der Waals surface area contributed by atoms with Gasteiger partial charge in [-0.1, -0.05) is 54.1 Å². The van der Waals surface area contributed by atoms with Crippen LogP contribution in [0.5, 0.6) is 0 Å². The molecule has 1 amide bonds. The highest BCUT2D eigenvalue weighted by Gasteiger charge is 2.16. The predicted octanol–water partition coefficient (Wildman–Crippen LogP) is 5.06. The van der Waals surface area contributed by atoms with E-state index in [2.05, 4.69) is 66.2 Å². The van der Waals surface area contributed by atoms with E-state index in [0.717, 1.165) is 34.5 Å². The molecule has 0 unspecified atom stereocenters. The number of carbonyl (C=O) groups excluding carboxylic acids is 1. The Balaban J connectivity index is 1.92. The second kappa shape index (κ2) is 7.31. The fraction of sp³-hybridized carbons (Fsp3) is 0.167. The Morgan fingerprint density at radius 3 is 2.39 bits per heavy atom. The molecule has 1 heterocycles. The highest BCUT2D eigenvalue weighted by Crippen LogP contribution is 2.33. The van der Waals surface area contributed by atoms with Crippen LogP contribution in [-0.4, -0.2) is 22.5 Å². The summed E-state index contributed by atoms with van der Waals surface area (Å²) in [6.07, 6.45) is 0. The van der Waals surface area contributed by atoms with Gasteiger partial charge in [-0.2, -0.15) is 0 Å². The summed E-state index contributed by atoms with van der Waals surface area (Å²) in [5.74, 6) is 0.817. The van der Waals surface area contributed by atoms with Crippen LogP contribution in [0.15, 0.2) is 66.7 Å². The number of carbonyl (C=O) groups is 1. The molecule has 3 aromatic carbocycles. The number of nitrogens with zero attached hydrogens (tertiary/aromatic N) is 2. The van der Waals surface area contributed by atoms with Crippen LogP contribution in [-0.2, 0) is 6.54 Å². The summed E-state index contributed by atoms with van der Waals surface area (Å²) < 4.78 is 2.20. The molecule has 0 spiro atoms. The zero-order chi connectivity index (χ0) is 19.7. The molecule has 0 aliphatic heterocycles. The number of aryl methyl sites for hydroxylation is 2. The van der Waals surface area contributed by atoms with Crippen LogP contribution in [0.25, 0.3) is 33.5 Å². The van der Waals surface area contributed by atoms with Gasteiger partial charge in [0.1, 0.15) is 5.82 Å². The number of hydrogen-bond acceptors (Lipinski definition) is 2. The van der Waals surface area contributed by atoms with E-state index in [-0.39, 0.29) is 5.91 Å². The molecule has 4 aromatic rings. The molecule has 140 valence electrons. The first-order valence-corrected chi connectivity index (χ1v) is 9.51. The van der Waals surface area contributed by atoms with E-state index >= 15 is 0 Å². The Morgan fingerprint density at radius 2 is 1.71 bits per heavy atom. The molecule has 28 heavy (non-hydrogen) atoms. The van der Waals surface area contributed by atoms with Crippen LogP contribution in [0.2, 0.25) is 0 Å². The van der Waals surface area contributed by atoms with Crippen molar-refractivity contribution >= 4 is 16.9 Å². The van der Waals surface area contributed by atoms with Crippen LogP contribution in [0.1, 0.15) is 22.8 Å². The summed E-state index contributed by atoms with van der Waals surface area (Å²) in [5, 5.41) is 2.67. The number of hydrogen-bond donors (Lipinski definition) is 1. The lowest BCUT2D eigenvalue weighted by molar-refractivity contribution is 0.0963. The Kier molecular flexibility index (Phi) is 4.70. The Bertz CT molecular complexity index is 1160. The van der Waals surface area contributed by atoms with E-state index in [1.807, 2.05) is 24.3 Å². The van der Waals surface area contributed by atoms with Gasteiger partial charge in [-0.25, -0.2) is 4.98 Å². The third-order valence-electron chi connectivity index (χ3n) is 5.08. The van der Waals surface area contributed by atoms with Gasteiger partial charge in [0, 0.05) is 24.7 Å². The van der Waals surface area contributed by atoms with Crippen molar-refractivity contribution < 1.29 is 4.79 Å². The fourth-order valence-corrected chi connectivity index (χ4v) is 3.60. The predicted molar refractivity (Wildman–Crippen MR) is 114 cm³/mol. The molecule has 1 N–H and O–H groups in total. The number of fused-ring (bicyclic) bond motifs is 1. The largest absolute Gasteiger partial charge is 0.355 e. The lowest BCUT2D eigenvalue weighted by Crippen LogP contribution is -2.17. The number of aromatic nitrogens is 2. The monoisotopic (exact) mass is 369 g/mol. The summed E-state index contributed by atoms with van der Waals surface area (Å²) in [4.78, 5) is 16.9. The third-order valence-corrected chi connectivity index (χ3v) is 5.08. The zero-order valence-electron chi connectivity index (χ0n) is 16.4. The maximum atomic E-state index is 12.0. The molecule has 0 fully saturated rings. The molecular weight excluding hydrogens is 346 g/mol. The number of amides is 1. The van der Waals surface area contributed by atoms with Gasteiger partial charge in [0.05, 0.1) is 11.0 Å². The van der Waals surface area contributed by atoms with E-state index < -0.39 is 0 Å². The lowest BCUT2D eigenvalue weighted by Gasteiger charge is -2.12. The van der Waals surface area contributed by atoms with E-state index in [1.165, 1.54) is 11.1 Å². The highest BCUT2D eigenvalue weighted by molar-refractivity contribution is 5.98. The summed E-state index contributed by atoms with van der Waals surface area (Å²) in [6, 6.07) is 22.6. The molecule has 0 radical (unpaired) electrons. The van der Waals surface area contributed by atoms with Gasteiger partial charge in [0.25, 0.3) is 5.91 Å². The lowest BCUT2D eigenvalue weighted by atomic mass is 9.98. The molecule has 0 aliphatic rings. The minimum absolute atomic E-state index is 0.102. The first kappa shape index (κ1) is 18.0. The Labute approximate surface area is 164 Å². The van der Waals surface area contributed by atoms with Crippen LogP contribution in [0.3, 0.4) is 0 Å². The highest BCUT2D eigenvalue weighted by atomic mass is 16.1. The topological polar surface area (TPSA) is 46.9 Å². The molecular formula is C24H23N3O. The van der Waals surface area contributed by atoms with E-state index in [4.69, 9.17) is 4.98 Å². The average molecular weight is 369 g/mol. The second-order valence-electron chi connectivity index (χ2n) is 6.87. The summed E-state index contributed by atoms with van der Waals surface area (Å²) in [5.41, 5.74) is 7.13. The minimum atomic E-state index is -0.102. The molecule has 4 heteroatoms. The summed E-state index contributed by atoms with van der Waals surface area (Å²) in [6.45, 7) is 5.01.